The van der Waals surface area contributed by atoms with Crippen LogP contribution in [-0.2, 0) is 18.2 Å². The van der Waals surface area contributed by atoms with Crippen LogP contribution in [-0.4, -0.2) is 29.0 Å². The van der Waals surface area contributed by atoms with Gasteiger partial charge >= 0.3 is 0 Å². The van der Waals surface area contributed by atoms with E-state index in [0.29, 0.717) is 6.61 Å². The Labute approximate surface area is 85.0 Å². The van der Waals surface area contributed by atoms with Gasteiger partial charge in [0.2, 0.25) is 0 Å². The lowest BCUT2D eigenvalue weighted by molar-refractivity contribution is 0.136. The molecule has 0 fully saturated rings. The lowest BCUT2D eigenvalue weighted by Gasteiger charge is -2.23. The van der Waals surface area contributed by atoms with E-state index in [0.717, 1.165) is 12.8 Å². The van der Waals surface area contributed by atoms with E-state index in [1.807, 2.05) is 24.7 Å². The first-order valence-electron chi connectivity index (χ1n) is 4.80. The van der Waals surface area contributed by atoms with Crippen molar-refractivity contribution in [2.75, 3.05) is 13.7 Å². The van der Waals surface area contributed by atoms with Gasteiger partial charge in [-0.05, 0) is 25.8 Å². The monoisotopic (exact) mass is 197 g/mol. The van der Waals surface area contributed by atoms with E-state index in [-0.39, 0.29) is 5.54 Å². The van der Waals surface area contributed by atoms with Crippen LogP contribution in [0, 0.1) is 0 Å². The first kappa shape index (κ1) is 11.2. The first-order chi connectivity index (χ1) is 6.55. The molecule has 1 aromatic heterocycles. The molecular formula is C10H19N3O. The van der Waals surface area contributed by atoms with Gasteiger partial charge in [0.1, 0.15) is 0 Å². The minimum Gasteiger partial charge on any atom is -0.383 e. The highest BCUT2D eigenvalue weighted by Gasteiger charge is 2.18. The number of aryl methyl sites for hydroxylation is 2. The maximum Gasteiger partial charge on any atom is 0.0639 e. The Kier molecular flexibility index (Phi) is 3.66. The molecule has 0 aliphatic heterocycles. The standard InChI is InChI=1S/C10H19N3O/c1-10(11,8-14-3)6-4-9-5-7-12-13(9)2/h5,7H,4,6,8,11H2,1-3H3. The third kappa shape index (κ3) is 3.12. The van der Waals surface area contributed by atoms with Crippen molar-refractivity contribution in [2.24, 2.45) is 12.8 Å². The van der Waals surface area contributed by atoms with E-state index < -0.39 is 0 Å². The average Bonchev–Trinajstić information content (AvgIpc) is 2.48. The van der Waals surface area contributed by atoms with Gasteiger partial charge in [0, 0.05) is 31.6 Å². The Hall–Kier alpha value is -0.870. The van der Waals surface area contributed by atoms with E-state index in [9.17, 15) is 0 Å². The highest BCUT2D eigenvalue weighted by Crippen LogP contribution is 2.11. The van der Waals surface area contributed by atoms with Gasteiger partial charge in [0.05, 0.1) is 6.61 Å². The fourth-order valence-corrected chi connectivity index (χ4v) is 1.46. The number of hydrogen-bond donors (Lipinski definition) is 1. The Morgan fingerprint density at radius 1 is 1.64 bits per heavy atom. The van der Waals surface area contributed by atoms with Crippen LogP contribution in [0.5, 0.6) is 0 Å². The number of nitrogens with two attached hydrogens (primary N) is 1. The minimum atomic E-state index is -0.251. The van der Waals surface area contributed by atoms with Gasteiger partial charge in [-0.1, -0.05) is 0 Å². The quantitative estimate of drug-likeness (QED) is 0.756. The molecule has 0 radical (unpaired) electrons. The molecule has 0 saturated carbocycles. The summed E-state index contributed by atoms with van der Waals surface area (Å²) in [4.78, 5) is 0. The van der Waals surface area contributed by atoms with Crippen LogP contribution in [0.1, 0.15) is 19.0 Å². The van der Waals surface area contributed by atoms with Gasteiger partial charge in [0.15, 0.2) is 0 Å². The topological polar surface area (TPSA) is 53.1 Å². The van der Waals surface area contributed by atoms with E-state index in [2.05, 4.69) is 5.10 Å². The molecule has 0 spiro atoms. The molecule has 1 rings (SSSR count). The summed E-state index contributed by atoms with van der Waals surface area (Å²) in [5, 5.41) is 4.11. The number of hydrogen-bond acceptors (Lipinski definition) is 3. The van der Waals surface area contributed by atoms with E-state index >= 15 is 0 Å². The molecule has 1 heterocycles. The van der Waals surface area contributed by atoms with Gasteiger partial charge in [-0.15, -0.1) is 0 Å². The molecule has 14 heavy (non-hydrogen) atoms. The molecule has 1 aromatic rings. The van der Waals surface area contributed by atoms with Crippen molar-refractivity contribution in [1.82, 2.24) is 9.78 Å². The Morgan fingerprint density at radius 3 is 2.86 bits per heavy atom. The number of nitrogens with zero attached hydrogens (tertiary/aromatic N) is 2. The van der Waals surface area contributed by atoms with Crippen LogP contribution in [0.15, 0.2) is 12.3 Å². The normalized spacial score (nSPS) is 15.4. The summed E-state index contributed by atoms with van der Waals surface area (Å²) in [6.07, 6.45) is 3.65. The third-order valence-corrected chi connectivity index (χ3v) is 2.35. The molecule has 80 valence electrons. The highest BCUT2D eigenvalue weighted by molar-refractivity contribution is 5.01. The van der Waals surface area contributed by atoms with Crippen LogP contribution in [0.3, 0.4) is 0 Å². The Balaban J connectivity index is 2.44. The lowest BCUT2D eigenvalue weighted by Crippen LogP contribution is -2.41. The molecule has 0 amide bonds. The second-order valence-corrected chi connectivity index (χ2v) is 4.03. The molecule has 0 aromatic carbocycles. The van der Waals surface area contributed by atoms with Crippen molar-refractivity contribution in [3.8, 4) is 0 Å². The summed E-state index contributed by atoms with van der Waals surface area (Å²) in [5.41, 5.74) is 6.99. The summed E-state index contributed by atoms with van der Waals surface area (Å²) < 4.78 is 6.94. The van der Waals surface area contributed by atoms with Gasteiger partial charge in [-0.3, -0.25) is 4.68 Å². The molecule has 1 atom stereocenters. The molecule has 0 aliphatic rings. The number of rotatable bonds is 5. The Morgan fingerprint density at radius 2 is 2.36 bits per heavy atom. The van der Waals surface area contributed by atoms with Crippen LogP contribution in [0.4, 0.5) is 0 Å². The van der Waals surface area contributed by atoms with Gasteiger partial charge in [-0.2, -0.15) is 5.10 Å². The molecule has 4 heteroatoms. The first-order valence-corrected chi connectivity index (χ1v) is 4.80. The molecule has 1 unspecified atom stereocenters. The molecule has 4 nitrogen and oxygen atoms in total. The van der Waals surface area contributed by atoms with Gasteiger partial charge in [-0.25, -0.2) is 0 Å². The second kappa shape index (κ2) is 4.57. The second-order valence-electron chi connectivity index (χ2n) is 4.03. The summed E-state index contributed by atoms with van der Waals surface area (Å²) in [5.74, 6) is 0. The van der Waals surface area contributed by atoms with Crippen molar-refractivity contribution in [1.29, 1.82) is 0 Å². The average molecular weight is 197 g/mol. The summed E-state index contributed by atoms with van der Waals surface area (Å²) >= 11 is 0. The smallest absolute Gasteiger partial charge is 0.0639 e. The summed E-state index contributed by atoms with van der Waals surface area (Å²) in [6, 6.07) is 2.02. The zero-order chi connectivity index (χ0) is 10.6. The van der Waals surface area contributed by atoms with E-state index in [1.54, 1.807) is 13.3 Å². The van der Waals surface area contributed by atoms with E-state index in [1.165, 1.54) is 5.69 Å². The number of aromatic nitrogens is 2. The van der Waals surface area contributed by atoms with Gasteiger partial charge < -0.3 is 10.5 Å². The van der Waals surface area contributed by atoms with Crippen molar-refractivity contribution >= 4 is 0 Å². The predicted molar refractivity (Wildman–Crippen MR) is 56.0 cm³/mol. The zero-order valence-electron chi connectivity index (χ0n) is 9.16. The van der Waals surface area contributed by atoms with Crippen molar-refractivity contribution in [3.05, 3.63) is 18.0 Å². The zero-order valence-corrected chi connectivity index (χ0v) is 9.16. The summed E-state index contributed by atoms with van der Waals surface area (Å²) in [7, 11) is 3.62. The Bertz CT molecular complexity index is 281. The van der Waals surface area contributed by atoms with Crippen LogP contribution < -0.4 is 5.73 Å². The lowest BCUT2D eigenvalue weighted by atomic mass is 9.97. The number of ether oxygens (including phenoxy) is 1. The van der Waals surface area contributed by atoms with Gasteiger partial charge in [0.25, 0.3) is 0 Å². The molecule has 0 saturated heterocycles. The van der Waals surface area contributed by atoms with Crippen molar-refractivity contribution in [2.45, 2.75) is 25.3 Å². The van der Waals surface area contributed by atoms with Crippen LogP contribution >= 0.6 is 0 Å². The number of methoxy groups -OCH3 is 1. The molecule has 2 N–H and O–H groups in total. The third-order valence-electron chi connectivity index (χ3n) is 2.35. The van der Waals surface area contributed by atoms with Crippen LogP contribution in [0.2, 0.25) is 0 Å². The summed E-state index contributed by atoms with van der Waals surface area (Å²) in [6.45, 7) is 2.59. The molecule has 0 aliphatic carbocycles. The van der Waals surface area contributed by atoms with E-state index in [4.69, 9.17) is 10.5 Å². The molecular weight excluding hydrogens is 178 g/mol. The largest absolute Gasteiger partial charge is 0.383 e. The fraction of sp³-hybridized carbons (Fsp3) is 0.700. The van der Waals surface area contributed by atoms with Crippen molar-refractivity contribution < 1.29 is 4.74 Å². The van der Waals surface area contributed by atoms with Crippen molar-refractivity contribution in [3.63, 3.8) is 0 Å². The maximum atomic E-state index is 6.04. The maximum absolute atomic E-state index is 6.04. The van der Waals surface area contributed by atoms with Crippen LogP contribution in [0.25, 0.3) is 0 Å². The minimum absolute atomic E-state index is 0.251. The predicted octanol–water partition coefficient (Wildman–Crippen LogP) is 0.716. The fourth-order valence-electron chi connectivity index (χ4n) is 1.46. The SMILES string of the molecule is COCC(C)(N)CCc1ccnn1C. The highest BCUT2D eigenvalue weighted by atomic mass is 16.5. The molecule has 0 bridgehead atoms.